The lowest BCUT2D eigenvalue weighted by molar-refractivity contribution is 0.189. The lowest BCUT2D eigenvalue weighted by Gasteiger charge is -2.38. The van der Waals surface area contributed by atoms with Gasteiger partial charge >= 0.3 is 0 Å². The highest BCUT2D eigenvalue weighted by Gasteiger charge is 2.27. The summed E-state index contributed by atoms with van der Waals surface area (Å²) < 4.78 is 5.98. The maximum Gasteiger partial charge on any atom is 0.150 e. The first-order chi connectivity index (χ1) is 10.8. The zero-order valence-electron chi connectivity index (χ0n) is 12.9. The van der Waals surface area contributed by atoms with Gasteiger partial charge in [0.25, 0.3) is 0 Å². The number of nitrogens with zero attached hydrogens (tertiary/aromatic N) is 3. The van der Waals surface area contributed by atoms with Gasteiger partial charge < -0.3 is 10.6 Å². The summed E-state index contributed by atoms with van der Waals surface area (Å²) in [5, 5.41) is 1.31. The summed E-state index contributed by atoms with van der Waals surface area (Å²) >= 11 is 1.62. The molecule has 2 fully saturated rings. The highest BCUT2D eigenvalue weighted by atomic mass is 32.1. The molecule has 0 amide bonds. The number of benzene rings is 1. The minimum absolute atomic E-state index is 0.486. The van der Waals surface area contributed by atoms with Gasteiger partial charge in [-0.25, -0.2) is 0 Å². The van der Waals surface area contributed by atoms with E-state index in [1.54, 1.807) is 11.5 Å². The third-order valence-corrected chi connectivity index (χ3v) is 5.97. The molecule has 1 aliphatic carbocycles. The standard InChI is InChI=1S/C17H24N4S/c18-14-11-13(12-14)5-6-20-7-9-21(10-8-20)17-15-3-1-2-4-16(15)22-19-17/h1-4,13-14H,5-12,18H2. The van der Waals surface area contributed by atoms with Crippen LogP contribution in [0.3, 0.4) is 0 Å². The molecular formula is C17H24N4S. The van der Waals surface area contributed by atoms with E-state index in [2.05, 4.69) is 38.4 Å². The Morgan fingerprint density at radius 2 is 1.91 bits per heavy atom. The summed E-state index contributed by atoms with van der Waals surface area (Å²) in [5.74, 6) is 2.07. The van der Waals surface area contributed by atoms with Crippen molar-refractivity contribution in [2.24, 2.45) is 11.7 Å². The third-order valence-electron chi connectivity index (χ3n) is 5.16. The smallest absolute Gasteiger partial charge is 0.150 e. The molecule has 2 N–H and O–H groups in total. The number of rotatable bonds is 4. The molecule has 0 atom stereocenters. The van der Waals surface area contributed by atoms with Gasteiger partial charge in [-0.2, -0.15) is 4.37 Å². The van der Waals surface area contributed by atoms with Crippen LogP contribution in [0.1, 0.15) is 19.3 Å². The topological polar surface area (TPSA) is 45.4 Å². The summed E-state index contributed by atoms with van der Waals surface area (Å²) in [5.41, 5.74) is 5.87. The van der Waals surface area contributed by atoms with Gasteiger partial charge in [0, 0.05) is 37.6 Å². The molecule has 4 rings (SSSR count). The predicted molar refractivity (Wildman–Crippen MR) is 93.6 cm³/mol. The van der Waals surface area contributed by atoms with Gasteiger partial charge in [0.15, 0.2) is 0 Å². The second-order valence-electron chi connectivity index (χ2n) is 6.72. The molecule has 5 heteroatoms. The van der Waals surface area contributed by atoms with Crippen molar-refractivity contribution in [1.29, 1.82) is 0 Å². The van der Waals surface area contributed by atoms with E-state index in [9.17, 15) is 0 Å². The Hall–Kier alpha value is -1.17. The van der Waals surface area contributed by atoms with E-state index < -0.39 is 0 Å². The fourth-order valence-electron chi connectivity index (χ4n) is 3.67. The summed E-state index contributed by atoms with van der Waals surface area (Å²) in [7, 11) is 0. The van der Waals surface area contributed by atoms with E-state index in [0.29, 0.717) is 6.04 Å². The van der Waals surface area contributed by atoms with Crippen LogP contribution >= 0.6 is 11.5 Å². The number of hydrogen-bond donors (Lipinski definition) is 1. The molecule has 4 nitrogen and oxygen atoms in total. The Balaban J connectivity index is 1.32. The number of fused-ring (bicyclic) bond motifs is 1. The molecule has 2 aliphatic rings. The molecule has 2 aromatic rings. The van der Waals surface area contributed by atoms with Crippen LogP contribution in [-0.2, 0) is 0 Å². The van der Waals surface area contributed by atoms with E-state index in [1.807, 2.05) is 0 Å². The molecule has 1 saturated heterocycles. The van der Waals surface area contributed by atoms with Crippen molar-refractivity contribution in [2.45, 2.75) is 25.3 Å². The van der Waals surface area contributed by atoms with Crippen LogP contribution in [0.5, 0.6) is 0 Å². The van der Waals surface area contributed by atoms with Crippen LogP contribution in [-0.4, -0.2) is 48.0 Å². The van der Waals surface area contributed by atoms with Gasteiger partial charge in [-0.05, 0) is 55.4 Å². The SMILES string of the molecule is NC1CC(CCN2CCN(c3nsc4ccccc34)CC2)C1. The van der Waals surface area contributed by atoms with Crippen LogP contribution in [0.2, 0.25) is 0 Å². The summed E-state index contributed by atoms with van der Waals surface area (Å²) in [4.78, 5) is 5.06. The van der Waals surface area contributed by atoms with Crippen LogP contribution in [0.4, 0.5) is 5.82 Å². The van der Waals surface area contributed by atoms with Crippen molar-refractivity contribution in [3.63, 3.8) is 0 Å². The van der Waals surface area contributed by atoms with Crippen molar-refractivity contribution in [1.82, 2.24) is 9.27 Å². The lowest BCUT2D eigenvalue weighted by Crippen LogP contribution is -2.47. The van der Waals surface area contributed by atoms with E-state index in [4.69, 9.17) is 5.73 Å². The molecule has 118 valence electrons. The Labute approximate surface area is 136 Å². The van der Waals surface area contributed by atoms with Crippen LogP contribution in [0, 0.1) is 5.92 Å². The van der Waals surface area contributed by atoms with E-state index >= 15 is 0 Å². The first-order valence-electron chi connectivity index (χ1n) is 8.37. The molecule has 0 spiro atoms. The molecule has 0 bridgehead atoms. The summed E-state index contributed by atoms with van der Waals surface area (Å²) in [6.07, 6.45) is 3.81. The fourth-order valence-corrected chi connectivity index (χ4v) is 4.47. The van der Waals surface area contributed by atoms with Gasteiger partial charge in [-0.1, -0.05) is 12.1 Å². The Bertz CT molecular complexity index is 626. The highest BCUT2D eigenvalue weighted by Crippen LogP contribution is 2.31. The van der Waals surface area contributed by atoms with Crippen molar-refractivity contribution in [2.75, 3.05) is 37.6 Å². The van der Waals surface area contributed by atoms with Gasteiger partial charge in [-0.15, -0.1) is 0 Å². The van der Waals surface area contributed by atoms with Crippen molar-refractivity contribution < 1.29 is 0 Å². The maximum atomic E-state index is 5.87. The summed E-state index contributed by atoms with van der Waals surface area (Å²) in [6.45, 7) is 5.74. The average molecular weight is 316 g/mol. The van der Waals surface area contributed by atoms with Crippen molar-refractivity contribution >= 4 is 27.4 Å². The number of anilines is 1. The maximum absolute atomic E-state index is 5.87. The first kappa shape index (κ1) is 14.4. The molecule has 22 heavy (non-hydrogen) atoms. The summed E-state index contributed by atoms with van der Waals surface area (Å²) in [6, 6.07) is 9.05. The average Bonchev–Trinajstić information content (AvgIpc) is 2.95. The van der Waals surface area contributed by atoms with E-state index in [0.717, 1.165) is 32.1 Å². The first-order valence-corrected chi connectivity index (χ1v) is 9.14. The largest absolute Gasteiger partial charge is 0.353 e. The van der Waals surface area contributed by atoms with E-state index in [1.165, 1.54) is 41.7 Å². The molecule has 0 radical (unpaired) electrons. The second-order valence-corrected chi connectivity index (χ2v) is 7.52. The lowest BCUT2D eigenvalue weighted by atomic mass is 9.79. The molecule has 2 heterocycles. The molecular weight excluding hydrogens is 292 g/mol. The predicted octanol–water partition coefficient (Wildman–Crippen LogP) is 2.55. The van der Waals surface area contributed by atoms with Crippen LogP contribution in [0.25, 0.3) is 10.1 Å². The fraction of sp³-hybridized carbons (Fsp3) is 0.588. The van der Waals surface area contributed by atoms with Gasteiger partial charge in [0.05, 0.1) is 4.70 Å². The third kappa shape index (κ3) is 2.85. The number of hydrogen-bond acceptors (Lipinski definition) is 5. The molecule has 1 saturated carbocycles. The van der Waals surface area contributed by atoms with Gasteiger partial charge in [-0.3, -0.25) is 4.90 Å². The monoisotopic (exact) mass is 316 g/mol. The Morgan fingerprint density at radius 1 is 1.14 bits per heavy atom. The zero-order chi connectivity index (χ0) is 14.9. The number of nitrogens with two attached hydrogens (primary N) is 1. The highest BCUT2D eigenvalue weighted by molar-refractivity contribution is 7.13. The van der Waals surface area contributed by atoms with Gasteiger partial charge in [0.2, 0.25) is 0 Å². The van der Waals surface area contributed by atoms with Gasteiger partial charge in [0.1, 0.15) is 5.82 Å². The Morgan fingerprint density at radius 3 is 2.68 bits per heavy atom. The zero-order valence-corrected chi connectivity index (χ0v) is 13.8. The van der Waals surface area contributed by atoms with Crippen molar-refractivity contribution in [3.8, 4) is 0 Å². The molecule has 1 aromatic carbocycles. The number of aromatic nitrogens is 1. The minimum Gasteiger partial charge on any atom is -0.353 e. The minimum atomic E-state index is 0.486. The van der Waals surface area contributed by atoms with Crippen LogP contribution < -0.4 is 10.6 Å². The molecule has 1 aliphatic heterocycles. The van der Waals surface area contributed by atoms with E-state index in [-0.39, 0.29) is 0 Å². The van der Waals surface area contributed by atoms with Crippen LogP contribution in [0.15, 0.2) is 24.3 Å². The molecule has 0 unspecified atom stereocenters. The Kier molecular flexibility index (Phi) is 4.03. The molecule has 1 aromatic heterocycles. The second kappa shape index (κ2) is 6.14. The van der Waals surface area contributed by atoms with Crippen molar-refractivity contribution in [3.05, 3.63) is 24.3 Å². The quantitative estimate of drug-likeness (QED) is 0.941. The number of piperazine rings is 1. The normalized spacial score (nSPS) is 26.3.